The third-order valence-corrected chi connectivity index (χ3v) is 2.36. The van der Waals surface area contributed by atoms with Crippen LogP contribution in [0.1, 0.15) is 17.4 Å². The molecule has 0 fully saturated rings. The topological polar surface area (TPSA) is 90.9 Å². The van der Waals surface area contributed by atoms with Gasteiger partial charge in [-0.25, -0.2) is 0 Å². The molecule has 2 aromatic rings. The second kappa shape index (κ2) is 4.31. The number of hydrogen-bond acceptors (Lipinski definition) is 5. The molecule has 0 saturated heterocycles. The van der Waals surface area contributed by atoms with Gasteiger partial charge in [-0.1, -0.05) is 18.2 Å². The van der Waals surface area contributed by atoms with Gasteiger partial charge in [0, 0.05) is 11.6 Å². The Morgan fingerprint density at radius 2 is 1.82 bits per heavy atom. The molecule has 17 heavy (non-hydrogen) atoms. The predicted octanol–water partition coefficient (Wildman–Crippen LogP) is 1.13. The van der Waals surface area contributed by atoms with Gasteiger partial charge in [-0.15, -0.1) is 0 Å². The van der Waals surface area contributed by atoms with E-state index in [-0.39, 0.29) is 17.1 Å². The lowest BCUT2D eigenvalue weighted by Crippen LogP contribution is -2.06. The lowest BCUT2D eigenvalue weighted by atomic mass is 10.1. The first-order chi connectivity index (χ1) is 8.11. The minimum absolute atomic E-state index is 0.147. The van der Waals surface area contributed by atoms with Crippen molar-refractivity contribution >= 4 is 0 Å². The third kappa shape index (κ3) is 2.00. The molecule has 1 aromatic carbocycles. The molecule has 0 saturated carbocycles. The minimum Gasteiger partial charge on any atom is -0.508 e. The van der Waals surface area contributed by atoms with Crippen LogP contribution in [0.25, 0.3) is 0 Å². The van der Waals surface area contributed by atoms with Gasteiger partial charge in [-0.05, 0) is 6.07 Å². The SMILES string of the molecule is O=c1ccoc(C(O)c2ccccc2O)c1O. The van der Waals surface area contributed by atoms with Gasteiger partial charge in [0.2, 0.25) is 11.2 Å². The van der Waals surface area contributed by atoms with Crippen molar-refractivity contribution in [3.05, 3.63) is 58.1 Å². The summed E-state index contributed by atoms with van der Waals surface area (Å²) in [5, 5.41) is 28.9. The first-order valence-electron chi connectivity index (χ1n) is 4.88. The molecule has 1 atom stereocenters. The molecule has 0 aliphatic carbocycles. The van der Waals surface area contributed by atoms with Crippen LogP contribution < -0.4 is 5.43 Å². The fraction of sp³-hybridized carbons (Fsp3) is 0.0833. The van der Waals surface area contributed by atoms with Gasteiger partial charge < -0.3 is 19.7 Å². The second-order valence-electron chi connectivity index (χ2n) is 3.46. The lowest BCUT2D eigenvalue weighted by molar-refractivity contribution is 0.175. The van der Waals surface area contributed by atoms with Crippen molar-refractivity contribution < 1.29 is 19.7 Å². The summed E-state index contributed by atoms with van der Waals surface area (Å²) in [5.74, 6) is -1.10. The lowest BCUT2D eigenvalue weighted by Gasteiger charge is -2.12. The van der Waals surface area contributed by atoms with Crippen LogP contribution in [0.4, 0.5) is 0 Å². The molecule has 5 nitrogen and oxygen atoms in total. The highest BCUT2D eigenvalue weighted by Crippen LogP contribution is 2.31. The van der Waals surface area contributed by atoms with E-state index in [2.05, 4.69) is 0 Å². The molecule has 3 N–H and O–H groups in total. The number of para-hydroxylation sites is 1. The third-order valence-electron chi connectivity index (χ3n) is 2.36. The summed E-state index contributed by atoms with van der Waals surface area (Å²) < 4.78 is 4.90. The number of benzene rings is 1. The Bertz CT molecular complexity index is 587. The fourth-order valence-electron chi connectivity index (χ4n) is 1.48. The van der Waals surface area contributed by atoms with E-state index in [1.807, 2.05) is 0 Å². The summed E-state index contributed by atoms with van der Waals surface area (Å²) in [4.78, 5) is 11.2. The van der Waals surface area contributed by atoms with Gasteiger partial charge in [-0.2, -0.15) is 0 Å². The Balaban J connectivity index is 2.52. The van der Waals surface area contributed by atoms with Crippen LogP contribution in [-0.4, -0.2) is 15.3 Å². The largest absolute Gasteiger partial charge is 0.508 e. The van der Waals surface area contributed by atoms with Gasteiger partial charge >= 0.3 is 0 Å². The first kappa shape index (κ1) is 11.2. The van der Waals surface area contributed by atoms with E-state index in [0.717, 1.165) is 12.3 Å². The molecule has 0 aliphatic heterocycles. The Labute approximate surface area is 96.2 Å². The number of aliphatic hydroxyl groups excluding tert-OH is 1. The quantitative estimate of drug-likeness (QED) is 0.724. The molecule has 1 unspecified atom stereocenters. The standard InChI is InChI=1S/C12H10O5/c13-8-4-2-1-3-7(8)10(15)12-11(16)9(14)5-6-17-12/h1-6,10,13,15-16H. The molecule has 88 valence electrons. The maximum absolute atomic E-state index is 11.2. The summed E-state index contributed by atoms with van der Waals surface area (Å²) in [5.41, 5.74) is -0.502. The van der Waals surface area contributed by atoms with E-state index in [0.29, 0.717) is 0 Å². The molecular weight excluding hydrogens is 224 g/mol. The zero-order valence-corrected chi connectivity index (χ0v) is 8.70. The molecule has 0 spiro atoms. The zero-order valence-electron chi connectivity index (χ0n) is 8.70. The number of hydrogen-bond donors (Lipinski definition) is 3. The molecule has 2 rings (SSSR count). The fourth-order valence-corrected chi connectivity index (χ4v) is 1.48. The summed E-state index contributed by atoms with van der Waals surface area (Å²) >= 11 is 0. The first-order valence-corrected chi connectivity index (χ1v) is 4.88. The Morgan fingerprint density at radius 3 is 2.53 bits per heavy atom. The van der Waals surface area contributed by atoms with Gasteiger partial charge in [0.15, 0.2) is 5.76 Å². The van der Waals surface area contributed by atoms with Crippen LogP contribution in [0, 0.1) is 0 Å². The van der Waals surface area contributed by atoms with E-state index < -0.39 is 17.3 Å². The highest BCUT2D eigenvalue weighted by molar-refractivity contribution is 5.39. The van der Waals surface area contributed by atoms with E-state index in [9.17, 15) is 20.1 Å². The van der Waals surface area contributed by atoms with E-state index in [1.54, 1.807) is 12.1 Å². The average Bonchev–Trinajstić information content (AvgIpc) is 2.32. The number of phenolic OH excluding ortho intramolecular Hbond substituents is 1. The van der Waals surface area contributed by atoms with Crippen LogP contribution in [-0.2, 0) is 0 Å². The molecule has 1 aromatic heterocycles. The van der Waals surface area contributed by atoms with Gasteiger partial charge in [0.1, 0.15) is 11.9 Å². The van der Waals surface area contributed by atoms with E-state index in [4.69, 9.17) is 4.42 Å². The number of phenols is 1. The van der Waals surface area contributed by atoms with Crippen molar-refractivity contribution in [2.45, 2.75) is 6.10 Å². The molecule has 0 radical (unpaired) electrons. The van der Waals surface area contributed by atoms with E-state index >= 15 is 0 Å². The molecule has 5 heteroatoms. The molecule has 0 amide bonds. The van der Waals surface area contributed by atoms with Gasteiger partial charge in [0.05, 0.1) is 6.26 Å². The van der Waals surface area contributed by atoms with Crippen molar-refractivity contribution in [1.29, 1.82) is 0 Å². The number of aromatic hydroxyl groups is 2. The smallest absolute Gasteiger partial charge is 0.226 e. The highest BCUT2D eigenvalue weighted by atomic mass is 16.4. The van der Waals surface area contributed by atoms with Crippen LogP contribution >= 0.6 is 0 Å². The number of rotatable bonds is 2. The Morgan fingerprint density at radius 1 is 1.12 bits per heavy atom. The van der Waals surface area contributed by atoms with Crippen molar-refractivity contribution in [1.82, 2.24) is 0 Å². The van der Waals surface area contributed by atoms with Crippen molar-refractivity contribution in [2.24, 2.45) is 0 Å². The predicted molar refractivity (Wildman–Crippen MR) is 58.8 cm³/mol. The normalized spacial score (nSPS) is 12.3. The zero-order chi connectivity index (χ0) is 12.4. The molecular formula is C12H10O5. The Hall–Kier alpha value is -2.27. The second-order valence-corrected chi connectivity index (χ2v) is 3.46. The maximum Gasteiger partial charge on any atom is 0.226 e. The Kier molecular flexibility index (Phi) is 2.84. The highest BCUT2D eigenvalue weighted by Gasteiger charge is 2.21. The summed E-state index contributed by atoms with van der Waals surface area (Å²) in [6.07, 6.45) is -0.328. The van der Waals surface area contributed by atoms with Crippen LogP contribution in [0.5, 0.6) is 11.5 Å². The monoisotopic (exact) mass is 234 g/mol. The van der Waals surface area contributed by atoms with Crippen LogP contribution in [0.2, 0.25) is 0 Å². The average molecular weight is 234 g/mol. The number of aliphatic hydroxyl groups is 1. The molecule has 1 heterocycles. The summed E-state index contributed by atoms with van der Waals surface area (Å²) in [6, 6.07) is 7.09. The van der Waals surface area contributed by atoms with E-state index in [1.165, 1.54) is 12.1 Å². The van der Waals surface area contributed by atoms with Crippen molar-refractivity contribution in [3.8, 4) is 11.5 Å². The summed E-state index contributed by atoms with van der Waals surface area (Å²) in [6.45, 7) is 0. The molecule has 0 aliphatic rings. The maximum atomic E-state index is 11.2. The minimum atomic E-state index is -1.40. The summed E-state index contributed by atoms with van der Waals surface area (Å²) in [7, 11) is 0. The van der Waals surface area contributed by atoms with Crippen LogP contribution in [0.3, 0.4) is 0 Å². The van der Waals surface area contributed by atoms with Gasteiger partial charge in [-0.3, -0.25) is 4.79 Å². The van der Waals surface area contributed by atoms with Gasteiger partial charge in [0.25, 0.3) is 0 Å². The molecule has 0 bridgehead atoms. The van der Waals surface area contributed by atoms with Crippen molar-refractivity contribution in [2.75, 3.05) is 0 Å². The van der Waals surface area contributed by atoms with Crippen molar-refractivity contribution in [3.63, 3.8) is 0 Å². The van der Waals surface area contributed by atoms with Crippen LogP contribution in [0.15, 0.2) is 45.8 Å².